The van der Waals surface area contributed by atoms with Crippen LogP contribution in [0.15, 0.2) is 27.4 Å². The molecule has 5 nitrogen and oxygen atoms in total. The molecule has 0 aliphatic rings. The van der Waals surface area contributed by atoms with Crippen molar-refractivity contribution in [3.8, 4) is 0 Å². The van der Waals surface area contributed by atoms with E-state index in [1.54, 1.807) is 32.3 Å². The number of oxazole rings is 1. The SMILES string of the molecule is CNC(COCC(F)(F)F)c1ccc2c(c1)oc(=O)n2C. The quantitative estimate of drug-likeness (QED) is 0.917. The van der Waals surface area contributed by atoms with Crippen molar-refractivity contribution in [1.82, 2.24) is 9.88 Å². The number of benzene rings is 1. The Morgan fingerprint density at radius 3 is 2.76 bits per heavy atom. The van der Waals surface area contributed by atoms with Crippen LogP contribution in [-0.2, 0) is 11.8 Å². The standard InChI is InChI=1S/C13H15F3N2O3/c1-17-9(6-20-7-13(14,15)16)8-3-4-10-11(5-8)21-12(19)18(10)2/h3-5,9,17H,6-7H2,1-2H3. The Bertz CT molecular complexity index is 675. The molecule has 0 saturated carbocycles. The van der Waals surface area contributed by atoms with Crippen molar-refractivity contribution in [1.29, 1.82) is 0 Å². The van der Waals surface area contributed by atoms with E-state index in [-0.39, 0.29) is 6.61 Å². The van der Waals surface area contributed by atoms with Crippen LogP contribution in [0.25, 0.3) is 11.1 Å². The number of likely N-dealkylation sites (N-methyl/N-ethyl adjacent to an activating group) is 1. The zero-order valence-corrected chi connectivity index (χ0v) is 11.5. The Morgan fingerprint density at radius 1 is 1.43 bits per heavy atom. The van der Waals surface area contributed by atoms with Gasteiger partial charge in [-0.3, -0.25) is 4.57 Å². The Labute approximate surface area is 118 Å². The summed E-state index contributed by atoms with van der Waals surface area (Å²) in [6, 6.07) is 4.59. The third-order valence-corrected chi connectivity index (χ3v) is 3.12. The molecule has 1 unspecified atom stereocenters. The highest BCUT2D eigenvalue weighted by Gasteiger charge is 2.28. The molecule has 0 radical (unpaired) electrons. The van der Waals surface area contributed by atoms with E-state index in [2.05, 4.69) is 10.1 Å². The van der Waals surface area contributed by atoms with Crippen molar-refractivity contribution in [2.45, 2.75) is 12.2 Å². The first-order chi connectivity index (χ1) is 9.81. The minimum Gasteiger partial charge on any atom is -0.408 e. The maximum atomic E-state index is 12.1. The van der Waals surface area contributed by atoms with Gasteiger partial charge in [0.15, 0.2) is 5.58 Å². The average Bonchev–Trinajstić information content (AvgIpc) is 2.68. The number of hydrogen-bond donors (Lipinski definition) is 1. The number of nitrogens with one attached hydrogen (secondary N) is 1. The van der Waals surface area contributed by atoms with Gasteiger partial charge in [0, 0.05) is 7.05 Å². The van der Waals surface area contributed by atoms with Gasteiger partial charge in [-0.15, -0.1) is 0 Å². The lowest BCUT2D eigenvalue weighted by Crippen LogP contribution is -2.25. The summed E-state index contributed by atoms with van der Waals surface area (Å²) in [5.74, 6) is -0.489. The first kappa shape index (κ1) is 15.6. The second-order valence-electron chi connectivity index (χ2n) is 4.63. The van der Waals surface area contributed by atoms with Gasteiger partial charge in [0.2, 0.25) is 0 Å². The van der Waals surface area contributed by atoms with Crippen LogP contribution in [0, 0.1) is 0 Å². The van der Waals surface area contributed by atoms with Gasteiger partial charge in [-0.1, -0.05) is 6.07 Å². The second kappa shape index (κ2) is 5.90. The van der Waals surface area contributed by atoms with E-state index in [1.807, 2.05) is 0 Å². The molecule has 1 heterocycles. The Balaban J connectivity index is 2.16. The van der Waals surface area contributed by atoms with Gasteiger partial charge < -0.3 is 14.5 Å². The highest BCUT2D eigenvalue weighted by molar-refractivity contribution is 5.73. The van der Waals surface area contributed by atoms with Crippen molar-refractivity contribution in [3.63, 3.8) is 0 Å². The Kier molecular flexibility index (Phi) is 4.38. The number of ether oxygens (including phenoxy) is 1. The predicted molar refractivity (Wildman–Crippen MR) is 70.1 cm³/mol. The number of alkyl halides is 3. The lowest BCUT2D eigenvalue weighted by molar-refractivity contribution is -0.175. The normalized spacial score (nSPS) is 13.8. The molecule has 0 aliphatic heterocycles. The lowest BCUT2D eigenvalue weighted by Gasteiger charge is -2.17. The van der Waals surface area contributed by atoms with Crippen LogP contribution < -0.4 is 11.1 Å². The van der Waals surface area contributed by atoms with Gasteiger partial charge in [-0.2, -0.15) is 13.2 Å². The number of fused-ring (bicyclic) bond motifs is 1. The van der Waals surface area contributed by atoms with Crippen LogP contribution in [-0.4, -0.2) is 31.0 Å². The summed E-state index contributed by atoms with van der Waals surface area (Å²) >= 11 is 0. The minimum absolute atomic E-state index is 0.140. The topological polar surface area (TPSA) is 56.4 Å². The predicted octanol–water partition coefficient (Wildman–Crippen LogP) is 1.97. The number of rotatable bonds is 5. The van der Waals surface area contributed by atoms with E-state index in [9.17, 15) is 18.0 Å². The largest absolute Gasteiger partial charge is 0.419 e. The van der Waals surface area contributed by atoms with Crippen LogP contribution in [0.4, 0.5) is 13.2 Å². The summed E-state index contributed by atoms with van der Waals surface area (Å²) in [5.41, 5.74) is 1.69. The third kappa shape index (κ3) is 3.64. The van der Waals surface area contributed by atoms with E-state index in [1.165, 1.54) is 4.57 Å². The van der Waals surface area contributed by atoms with Crippen LogP contribution in [0.5, 0.6) is 0 Å². The van der Waals surface area contributed by atoms with E-state index in [4.69, 9.17) is 4.42 Å². The Hall–Kier alpha value is -1.80. The summed E-state index contributed by atoms with van der Waals surface area (Å²) in [5, 5.41) is 2.87. The van der Waals surface area contributed by atoms with E-state index >= 15 is 0 Å². The fraction of sp³-hybridized carbons (Fsp3) is 0.462. The first-order valence-electron chi connectivity index (χ1n) is 6.23. The maximum Gasteiger partial charge on any atom is 0.419 e. The average molecular weight is 304 g/mol. The highest BCUT2D eigenvalue weighted by Crippen LogP contribution is 2.21. The van der Waals surface area contributed by atoms with Gasteiger partial charge in [0.05, 0.1) is 18.2 Å². The molecule has 0 saturated heterocycles. The van der Waals surface area contributed by atoms with Crippen molar-refractivity contribution in [2.75, 3.05) is 20.3 Å². The highest BCUT2D eigenvalue weighted by atomic mass is 19.4. The minimum atomic E-state index is -4.35. The maximum absolute atomic E-state index is 12.1. The van der Waals surface area contributed by atoms with Crippen molar-refractivity contribution >= 4 is 11.1 Å². The summed E-state index contributed by atoms with van der Waals surface area (Å²) in [4.78, 5) is 11.4. The van der Waals surface area contributed by atoms with E-state index in [0.29, 0.717) is 16.7 Å². The molecular weight excluding hydrogens is 289 g/mol. The third-order valence-electron chi connectivity index (χ3n) is 3.12. The zero-order chi connectivity index (χ0) is 15.6. The molecule has 8 heteroatoms. The number of aryl methyl sites for hydroxylation is 1. The van der Waals surface area contributed by atoms with E-state index < -0.39 is 24.6 Å². The van der Waals surface area contributed by atoms with Crippen LogP contribution in [0.3, 0.4) is 0 Å². The number of halogens is 3. The summed E-state index contributed by atoms with van der Waals surface area (Å²) in [7, 11) is 3.20. The van der Waals surface area contributed by atoms with Gasteiger partial charge >= 0.3 is 11.9 Å². The smallest absolute Gasteiger partial charge is 0.408 e. The van der Waals surface area contributed by atoms with Crippen molar-refractivity contribution in [3.05, 3.63) is 34.3 Å². The molecule has 1 aromatic heterocycles. The fourth-order valence-electron chi connectivity index (χ4n) is 2.01. The molecule has 116 valence electrons. The lowest BCUT2D eigenvalue weighted by atomic mass is 10.1. The molecule has 0 amide bonds. The number of aromatic nitrogens is 1. The molecule has 1 aromatic carbocycles. The van der Waals surface area contributed by atoms with Gasteiger partial charge in [-0.25, -0.2) is 4.79 Å². The van der Waals surface area contributed by atoms with Crippen molar-refractivity contribution < 1.29 is 22.3 Å². The number of nitrogens with zero attached hydrogens (tertiary/aromatic N) is 1. The fourth-order valence-corrected chi connectivity index (χ4v) is 2.01. The molecule has 0 aliphatic carbocycles. The summed E-state index contributed by atoms with van der Waals surface area (Å²) in [6.07, 6.45) is -4.35. The molecule has 0 spiro atoms. The summed E-state index contributed by atoms with van der Waals surface area (Å²) < 4.78 is 47.3. The van der Waals surface area contributed by atoms with Gasteiger partial charge in [0.25, 0.3) is 0 Å². The molecule has 0 bridgehead atoms. The Morgan fingerprint density at radius 2 is 2.14 bits per heavy atom. The van der Waals surface area contributed by atoms with E-state index in [0.717, 1.165) is 0 Å². The molecule has 0 fully saturated rings. The summed E-state index contributed by atoms with van der Waals surface area (Å²) in [6.45, 7) is -1.44. The van der Waals surface area contributed by atoms with Crippen LogP contribution in [0.2, 0.25) is 0 Å². The van der Waals surface area contributed by atoms with Gasteiger partial charge in [0.1, 0.15) is 6.61 Å². The number of hydrogen-bond acceptors (Lipinski definition) is 4. The first-order valence-corrected chi connectivity index (χ1v) is 6.23. The van der Waals surface area contributed by atoms with Gasteiger partial charge in [-0.05, 0) is 24.7 Å². The molecule has 1 N–H and O–H groups in total. The molecule has 2 aromatic rings. The van der Waals surface area contributed by atoms with Crippen LogP contribution >= 0.6 is 0 Å². The molecular formula is C13H15F3N2O3. The molecule has 21 heavy (non-hydrogen) atoms. The monoisotopic (exact) mass is 304 g/mol. The zero-order valence-electron chi connectivity index (χ0n) is 11.5. The van der Waals surface area contributed by atoms with Crippen LogP contribution in [0.1, 0.15) is 11.6 Å². The second-order valence-corrected chi connectivity index (χ2v) is 4.63. The van der Waals surface area contributed by atoms with Crippen molar-refractivity contribution in [2.24, 2.45) is 7.05 Å². The molecule has 1 atom stereocenters. The molecule has 2 rings (SSSR count).